The average molecular weight is 175 g/mol. The van der Waals surface area contributed by atoms with Gasteiger partial charge in [-0.25, -0.2) is 0 Å². The molecular formula is C9H9N3O. The molecule has 0 saturated carbocycles. The molecule has 0 unspecified atom stereocenters. The zero-order valence-corrected chi connectivity index (χ0v) is 6.87. The molecule has 66 valence electrons. The van der Waals surface area contributed by atoms with Crippen LogP contribution in [0.4, 0.5) is 5.69 Å². The standard InChI is InChI=1S/C9H9N3O/c10-12-7-1-2-8-6(5-7)3-4-11-9(8)13/h1-5,12H,10H2,(H,11,13). The number of anilines is 1. The van der Waals surface area contributed by atoms with E-state index in [1.807, 2.05) is 12.1 Å². The highest BCUT2D eigenvalue weighted by molar-refractivity contribution is 5.84. The van der Waals surface area contributed by atoms with E-state index in [9.17, 15) is 4.79 Å². The molecule has 2 rings (SSSR count). The van der Waals surface area contributed by atoms with Crippen LogP contribution in [-0.4, -0.2) is 4.98 Å². The number of pyridine rings is 1. The van der Waals surface area contributed by atoms with Gasteiger partial charge < -0.3 is 10.4 Å². The average Bonchev–Trinajstić information content (AvgIpc) is 2.18. The van der Waals surface area contributed by atoms with Gasteiger partial charge >= 0.3 is 0 Å². The Balaban J connectivity index is 2.80. The summed E-state index contributed by atoms with van der Waals surface area (Å²) in [5.41, 5.74) is 3.23. The monoisotopic (exact) mass is 175 g/mol. The highest BCUT2D eigenvalue weighted by atomic mass is 16.1. The lowest BCUT2D eigenvalue weighted by atomic mass is 10.1. The molecule has 4 nitrogen and oxygen atoms in total. The van der Waals surface area contributed by atoms with E-state index in [-0.39, 0.29) is 5.56 Å². The first-order valence-corrected chi connectivity index (χ1v) is 3.89. The summed E-state index contributed by atoms with van der Waals surface area (Å²) in [5.74, 6) is 5.24. The van der Waals surface area contributed by atoms with E-state index in [1.54, 1.807) is 18.3 Å². The third-order valence-corrected chi connectivity index (χ3v) is 1.94. The van der Waals surface area contributed by atoms with E-state index in [2.05, 4.69) is 10.4 Å². The molecule has 2 aromatic rings. The van der Waals surface area contributed by atoms with Gasteiger partial charge in [0.25, 0.3) is 5.56 Å². The van der Waals surface area contributed by atoms with Crippen LogP contribution in [0.1, 0.15) is 0 Å². The molecule has 1 aromatic heterocycles. The lowest BCUT2D eigenvalue weighted by Gasteiger charge is -2.00. The van der Waals surface area contributed by atoms with Crippen molar-refractivity contribution >= 4 is 16.5 Å². The second-order valence-corrected chi connectivity index (χ2v) is 2.75. The van der Waals surface area contributed by atoms with E-state index < -0.39 is 0 Å². The number of nitrogen functional groups attached to an aromatic ring is 1. The van der Waals surface area contributed by atoms with Gasteiger partial charge in [-0.3, -0.25) is 10.6 Å². The Morgan fingerprint density at radius 2 is 2.15 bits per heavy atom. The second kappa shape index (κ2) is 2.91. The van der Waals surface area contributed by atoms with Gasteiger partial charge in [-0.15, -0.1) is 0 Å². The topological polar surface area (TPSA) is 70.9 Å². The molecule has 0 atom stereocenters. The number of hydrazine groups is 1. The maximum atomic E-state index is 11.3. The summed E-state index contributed by atoms with van der Waals surface area (Å²) in [6.45, 7) is 0. The summed E-state index contributed by atoms with van der Waals surface area (Å²) >= 11 is 0. The fourth-order valence-corrected chi connectivity index (χ4v) is 1.28. The number of aromatic nitrogens is 1. The Labute approximate surface area is 74.4 Å². The highest BCUT2D eigenvalue weighted by Crippen LogP contribution is 2.14. The fourth-order valence-electron chi connectivity index (χ4n) is 1.28. The van der Waals surface area contributed by atoms with Crippen LogP contribution in [0.2, 0.25) is 0 Å². The number of nitrogens with two attached hydrogens (primary N) is 1. The van der Waals surface area contributed by atoms with Crippen molar-refractivity contribution in [1.82, 2.24) is 4.98 Å². The van der Waals surface area contributed by atoms with Gasteiger partial charge in [0.2, 0.25) is 0 Å². The van der Waals surface area contributed by atoms with Gasteiger partial charge in [0.15, 0.2) is 0 Å². The molecule has 0 radical (unpaired) electrons. The van der Waals surface area contributed by atoms with E-state index >= 15 is 0 Å². The molecule has 0 fully saturated rings. The predicted octanol–water partition coefficient (Wildman–Crippen LogP) is 0.814. The third-order valence-electron chi connectivity index (χ3n) is 1.94. The number of benzene rings is 1. The molecule has 0 aliphatic carbocycles. The zero-order chi connectivity index (χ0) is 9.26. The molecule has 13 heavy (non-hydrogen) atoms. The summed E-state index contributed by atoms with van der Waals surface area (Å²) in [4.78, 5) is 13.9. The van der Waals surface area contributed by atoms with E-state index in [0.29, 0.717) is 5.39 Å². The lowest BCUT2D eigenvalue weighted by molar-refractivity contribution is 1.27. The van der Waals surface area contributed by atoms with Crippen LogP contribution >= 0.6 is 0 Å². The molecule has 0 bridgehead atoms. The Morgan fingerprint density at radius 3 is 2.92 bits per heavy atom. The van der Waals surface area contributed by atoms with Crippen molar-refractivity contribution in [3.05, 3.63) is 40.8 Å². The van der Waals surface area contributed by atoms with Crippen molar-refractivity contribution in [3.8, 4) is 0 Å². The van der Waals surface area contributed by atoms with Crippen LogP contribution in [0.25, 0.3) is 10.8 Å². The zero-order valence-electron chi connectivity index (χ0n) is 6.87. The van der Waals surface area contributed by atoms with Gasteiger partial charge in [0.1, 0.15) is 0 Å². The summed E-state index contributed by atoms with van der Waals surface area (Å²) in [6.07, 6.45) is 1.62. The van der Waals surface area contributed by atoms with Crippen LogP contribution in [0.5, 0.6) is 0 Å². The molecule has 0 spiro atoms. The Morgan fingerprint density at radius 1 is 1.31 bits per heavy atom. The number of fused-ring (bicyclic) bond motifs is 1. The Bertz CT molecular complexity index is 489. The molecule has 0 aliphatic rings. The summed E-state index contributed by atoms with van der Waals surface area (Å²) in [7, 11) is 0. The largest absolute Gasteiger partial charge is 0.329 e. The van der Waals surface area contributed by atoms with Crippen molar-refractivity contribution < 1.29 is 0 Å². The summed E-state index contributed by atoms with van der Waals surface area (Å²) < 4.78 is 0. The van der Waals surface area contributed by atoms with E-state index in [4.69, 9.17) is 5.84 Å². The van der Waals surface area contributed by atoms with Crippen molar-refractivity contribution in [2.75, 3.05) is 5.43 Å². The van der Waals surface area contributed by atoms with Crippen molar-refractivity contribution in [2.24, 2.45) is 5.84 Å². The van der Waals surface area contributed by atoms with E-state index in [1.165, 1.54) is 0 Å². The lowest BCUT2D eigenvalue weighted by Crippen LogP contribution is -2.08. The minimum absolute atomic E-state index is 0.0823. The first-order valence-electron chi connectivity index (χ1n) is 3.89. The molecule has 4 heteroatoms. The maximum absolute atomic E-state index is 11.3. The molecule has 0 aliphatic heterocycles. The van der Waals surface area contributed by atoms with Gasteiger partial charge in [0.05, 0.1) is 0 Å². The van der Waals surface area contributed by atoms with Gasteiger partial charge in [-0.05, 0) is 29.7 Å². The quantitative estimate of drug-likeness (QED) is 0.443. The first-order chi connectivity index (χ1) is 6.31. The van der Waals surface area contributed by atoms with Crippen LogP contribution < -0.4 is 16.8 Å². The maximum Gasteiger partial charge on any atom is 0.255 e. The summed E-state index contributed by atoms with van der Waals surface area (Å²) in [5, 5.41) is 1.54. The number of rotatable bonds is 1. The number of hydrogen-bond donors (Lipinski definition) is 3. The van der Waals surface area contributed by atoms with Gasteiger partial charge in [-0.1, -0.05) is 0 Å². The molecule has 1 aromatic carbocycles. The van der Waals surface area contributed by atoms with Crippen LogP contribution in [-0.2, 0) is 0 Å². The van der Waals surface area contributed by atoms with Crippen molar-refractivity contribution in [1.29, 1.82) is 0 Å². The molecule has 1 heterocycles. The second-order valence-electron chi connectivity index (χ2n) is 2.75. The number of aromatic amines is 1. The normalized spacial score (nSPS) is 10.2. The molecule has 0 amide bonds. The van der Waals surface area contributed by atoms with E-state index in [0.717, 1.165) is 11.1 Å². The molecular weight excluding hydrogens is 166 g/mol. The predicted molar refractivity (Wildman–Crippen MR) is 52.4 cm³/mol. The Kier molecular flexibility index (Phi) is 1.75. The third kappa shape index (κ3) is 1.27. The Hall–Kier alpha value is -1.81. The van der Waals surface area contributed by atoms with Gasteiger partial charge in [-0.2, -0.15) is 0 Å². The highest BCUT2D eigenvalue weighted by Gasteiger charge is 1.97. The number of nitrogens with one attached hydrogen (secondary N) is 2. The first kappa shape index (κ1) is 7.82. The fraction of sp³-hybridized carbons (Fsp3) is 0. The minimum Gasteiger partial charge on any atom is -0.329 e. The molecule has 4 N–H and O–H groups in total. The van der Waals surface area contributed by atoms with Gasteiger partial charge in [0, 0.05) is 17.3 Å². The smallest absolute Gasteiger partial charge is 0.255 e. The summed E-state index contributed by atoms with van der Waals surface area (Å²) in [6, 6.07) is 7.16. The molecule has 0 saturated heterocycles. The van der Waals surface area contributed by atoms with Crippen LogP contribution in [0.3, 0.4) is 0 Å². The number of hydrogen-bond acceptors (Lipinski definition) is 3. The van der Waals surface area contributed by atoms with Crippen molar-refractivity contribution in [2.45, 2.75) is 0 Å². The van der Waals surface area contributed by atoms with Crippen molar-refractivity contribution in [3.63, 3.8) is 0 Å². The minimum atomic E-state index is -0.0823. The SMILES string of the molecule is NNc1ccc2c(=O)[nH]ccc2c1. The number of H-pyrrole nitrogens is 1. The van der Waals surface area contributed by atoms with Crippen LogP contribution in [0.15, 0.2) is 35.3 Å². The van der Waals surface area contributed by atoms with Crippen LogP contribution in [0, 0.1) is 0 Å².